The fraction of sp³-hybridized carbons (Fsp3) is 0.200. The van der Waals surface area contributed by atoms with E-state index in [1.165, 1.54) is 11.8 Å². The van der Waals surface area contributed by atoms with Crippen molar-refractivity contribution in [2.24, 2.45) is 12.1 Å². The molecule has 0 aliphatic heterocycles. The highest BCUT2D eigenvalue weighted by molar-refractivity contribution is 7.99. The predicted octanol–water partition coefficient (Wildman–Crippen LogP) is 3.78. The second-order valence-electron chi connectivity index (χ2n) is 6.12. The lowest BCUT2D eigenvalue weighted by molar-refractivity contribution is -0.118. The monoisotopic (exact) mass is 429 g/mol. The summed E-state index contributed by atoms with van der Waals surface area (Å²) >= 11 is 7.22. The third-order valence-corrected chi connectivity index (χ3v) is 5.40. The van der Waals surface area contributed by atoms with Crippen LogP contribution < -0.4 is 10.2 Å². The van der Waals surface area contributed by atoms with Gasteiger partial charge >= 0.3 is 0 Å². The maximum absolute atomic E-state index is 12.1. The summed E-state index contributed by atoms with van der Waals surface area (Å²) in [5, 5.41) is 13.8. The number of methoxy groups -OCH3 is 1. The second kappa shape index (κ2) is 9.58. The van der Waals surface area contributed by atoms with E-state index in [1.807, 2.05) is 54.9 Å². The van der Waals surface area contributed by atoms with Gasteiger partial charge in [-0.2, -0.15) is 5.10 Å². The van der Waals surface area contributed by atoms with E-state index in [9.17, 15) is 4.79 Å². The van der Waals surface area contributed by atoms with Crippen LogP contribution in [-0.2, 0) is 11.8 Å². The minimum atomic E-state index is -0.223. The molecule has 1 aromatic heterocycles. The Morgan fingerprint density at radius 1 is 1.17 bits per heavy atom. The number of aromatic nitrogens is 3. The van der Waals surface area contributed by atoms with Gasteiger partial charge in [0.25, 0.3) is 5.91 Å². The molecule has 1 N–H and O–H groups in total. The molecule has 0 saturated carbocycles. The Kier molecular flexibility index (Phi) is 6.90. The molecule has 1 amide bonds. The number of carbonyl (C=O) groups is 1. The normalized spacial score (nSPS) is 11.4. The van der Waals surface area contributed by atoms with Crippen LogP contribution in [-0.4, -0.2) is 39.2 Å². The molecule has 0 bridgehead atoms. The lowest BCUT2D eigenvalue weighted by Crippen LogP contribution is -2.21. The molecule has 1 heterocycles. The number of amides is 1. The number of hydrogen-bond acceptors (Lipinski definition) is 6. The third-order valence-electron chi connectivity index (χ3n) is 4.13. The summed E-state index contributed by atoms with van der Waals surface area (Å²) in [7, 11) is 3.47. The second-order valence-corrected chi connectivity index (χ2v) is 7.50. The van der Waals surface area contributed by atoms with Crippen molar-refractivity contribution in [1.82, 2.24) is 20.2 Å². The Morgan fingerprint density at radius 3 is 2.52 bits per heavy atom. The molecule has 7 nitrogen and oxygen atoms in total. The average Bonchev–Trinajstić information content (AvgIpc) is 3.11. The van der Waals surface area contributed by atoms with Gasteiger partial charge in [-0.3, -0.25) is 4.79 Å². The van der Waals surface area contributed by atoms with Gasteiger partial charge in [0.1, 0.15) is 5.75 Å². The number of ether oxygens (including phenoxy) is 1. The maximum atomic E-state index is 12.1. The van der Waals surface area contributed by atoms with E-state index in [4.69, 9.17) is 16.3 Å². The van der Waals surface area contributed by atoms with Gasteiger partial charge in [0.05, 0.1) is 18.6 Å². The van der Waals surface area contributed by atoms with Crippen molar-refractivity contribution >= 4 is 35.0 Å². The lowest BCUT2D eigenvalue weighted by Gasteiger charge is -2.05. The van der Waals surface area contributed by atoms with E-state index in [1.54, 1.807) is 19.2 Å². The number of halogens is 1. The van der Waals surface area contributed by atoms with Gasteiger partial charge in [-0.05, 0) is 61.0 Å². The number of hydrazone groups is 1. The van der Waals surface area contributed by atoms with Crippen LogP contribution in [0.15, 0.2) is 58.8 Å². The Balaban J connectivity index is 1.57. The first kappa shape index (κ1) is 20.9. The number of thioether (sulfide) groups is 1. The smallest absolute Gasteiger partial charge is 0.250 e. The summed E-state index contributed by atoms with van der Waals surface area (Å²) in [6, 6.07) is 14.8. The van der Waals surface area contributed by atoms with Gasteiger partial charge < -0.3 is 9.30 Å². The Hall–Kier alpha value is -2.84. The quantitative estimate of drug-likeness (QED) is 0.351. The molecule has 9 heteroatoms. The van der Waals surface area contributed by atoms with E-state index >= 15 is 0 Å². The van der Waals surface area contributed by atoms with E-state index in [2.05, 4.69) is 20.7 Å². The zero-order chi connectivity index (χ0) is 20.8. The van der Waals surface area contributed by atoms with Crippen LogP contribution in [0.4, 0.5) is 0 Å². The van der Waals surface area contributed by atoms with Crippen LogP contribution in [0.5, 0.6) is 5.75 Å². The van der Waals surface area contributed by atoms with Gasteiger partial charge in [0.15, 0.2) is 11.0 Å². The van der Waals surface area contributed by atoms with Crippen molar-refractivity contribution in [3.05, 3.63) is 59.1 Å². The molecular formula is C20H20ClN5O2S. The number of nitrogens with one attached hydrogen (secondary N) is 1. The number of carbonyl (C=O) groups excluding carboxylic acids is 1. The molecule has 0 spiro atoms. The molecule has 0 aliphatic carbocycles. The SMILES string of the molecule is COc1ccc(/C(C)=N\NC(=O)CSc2nnc(-c3ccc(Cl)cc3)n2C)cc1. The molecule has 0 fully saturated rings. The average molecular weight is 430 g/mol. The van der Waals surface area contributed by atoms with Gasteiger partial charge in [0.2, 0.25) is 0 Å². The zero-order valence-corrected chi connectivity index (χ0v) is 17.8. The summed E-state index contributed by atoms with van der Waals surface area (Å²) in [5.41, 5.74) is 5.08. The van der Waals surface area contributed by atoms with Gasteiger partial charge in [-0.25, -0.2) is 5.43 Å². The van der Waals surface area contributed by atoms with Crippen molar-refractivity contribution in [2.45, 2.75) is 12.1 Å². The number of rotatable bonds is 7. The van der Waals surface area contributed by atoms with Crippen molar-refractivity contribution in [3.8, 4) is 17.1 Å². The molecule has 0 saturated heterocycles. The van der Waals surface area contributed by atoms with Crippen LogP contribution in [0.3, 0.4) is 0 Å². The van der Waals surface area contributed by atoms with Crippen LogP contribution in [0.25, 0.3) is 11.4 Å². The zero-order valence-electron chi connectivity index (χ0n) is 16.2. The first-order valence-electron chi connectivity index (χ1n) is 8.73. The largest absolute Gasteiger partial charge is 0.497 e. The van der Waals surface area contributed by atoms with Gasteiger partial charge in [0, 0.05) is 17.6 Å². The fourth-order valence-electron chi connectivity index (χ4n) is 2.50. The summed E-state index contributed by atoms with van der Waals surface area (Å²) in [6.45, 7) is 1.83. The highest BCUT2D eigenvalue weighted by Gasteiger charge is 2.13. The maximum Gasteiger partial charge on any atom is 0.250 e. The minimum Gasteiger partial charge on any atom is -0.497 e. The van der Waals surface area contributed by atoms with E-state index < -0.39 is 0 Å². The molecule has 2 aromatic carbocycles. The number of nitrogens with zero attached hydrogens (tertiary/aromatic N) is 4. The molecule has 0 atom stereocenters. The summed E-state index contributed by atoms with van der Waals surface area (Å²) in [5.74, 6) is 1.42. The first-order chi connectivity index (χ1) is 14.0. The van der Waals surface area contributed by atoms with Crippen LogP contribution in [0, 0.1) is 0 Å². The van der Waals surface area contributed by atoms with Crippen molar-refractivity contribution in [3.63, 3.8) is 0 Å². The summed E-state index contributed by atoms with van der Waals surface area (Å²) < 4.78 is 6.97. The molecule has 0 radical (unpaired) electrons. The molecule has 150 valence electrons. The van der Waals surface area contributed by atoms with Crippen LogP contribution in [0.2, 0.25) is 5.02 Å². The molecule has 0 unspecified atom stereocenters. The summed E-state index contributed by atoms with van der Waals surface area (Å²) in [6.07, 6.45) is 0. The number of benzene rings is 2. The van der Waals surface area contributed by atoms with Crippen LogP contribution >= 0.6 is 23.4 Å². The molecular weight excluding hydrogens is 410 g/mol. The minimum absolute atomic E-state index is 0.173. The molecule has 0 aliphatic rings. The first-order valence-corrected chi connectivity index (χ1v) is 10.1. The van der Waals surface area contributed by atoms with Gasteiger partial charge in [-0.1, -0.05) is 23.4 Å². The topological polar surface area (TPSA) is 81.4 Å². The fourth-order valence-corrected chi connectivity index (χ4v) is 3.33. The molecule has 3 rings (SSSR count). The Labute approximate surface area is 178 Å². The molecule has 29 heavy (non-hydrogen) atoms. The predicted molar refractivity (Wildman–Crippen MR) is 116 cm³/mol. The standard InChI is InChI=1S/C20H20ClN5O2S/c1-13(14-6-10-17(28-3)11-7-14)22-23-18(27)12-29-20-25-24-19(26(20)2)15-4-8-16(21)9-5-15/h4-11H,12H2,1-3H3,(H,23,27)/b22-13-. The highest BCUT2D eigenvalue weighted by Crippen LogP contribution is 2.23. The van der Waals surface area contributed by atoms with Gasteiger partial charge in [-0.15, -0.1) is 10.2 Å². The van der Waals surface area contributed by atoms with E-state index in [0.29, 0.717) is 21.7 Å². The van der Waals surface area contributed by atoms with E-state index in [-0.39, 0.29) is 11.7 Å². The lowest BCUT2D eigenvalue weighted by atomic mass is 10.1. The van der Waals surface area contributed by atoms with Crippen molar-refractivity contribution in [2.75, 3.05) is 12.9 Å². The highest BCUT2D eigenvalue weighted by atomic mass is 35.5. The third kappa shape index (κ3) is 5.36. The van der Waals surface area contributed by atoms with Crippen LogP contribution in [0.1, 0.15) is 12.5 Å². The summed E-state index contributed by atoms with van der Waals surface area (Å²) in [4.78, 5) is 12.1. The molecule has 3 aromatic rings. The number of hydrogen-bond donors (Lipinski definition) is 1. The van der Waals surface area contributed by atoms with Crippen molar-refractivity contribution in [1.29, 1.82) is 0 Å². The van der Waals surface area contributed by atoms with Crippen molar-refractivity contribution < 1.29 is 9.53 Å². The Bertz CT molecular complexity index is 1020. The van der Waals surface area contributed by atoms with E-state index in [0.717, 1.165) is 16.9 Å². The Morgan fingerprint density at radius 2 is 1.86 bits per heavy atom.